The van der Waals surface area contributed by atoms with Crippen LogP contribution in [0.1, 0.15) is 12.8 Å². The van der Waals surface area contributed by atoms with E-state index in [0.717, 1.165) is 0 Å². The highest BCUT2D eigenvalue weighted by Crippen LogP contribution is 2.29. The van der Waals surface area contributed by atoms with E-state index < -0.39 is 5.97 Å². The normalized spacial score (nSPS) is 15.2. The Morgan fingerprint density at radius 3 is 2.46 bits per heavy atom. The summed E-state index contributed by atoms with van der Waals surface area (Å²) in [4.78, 5) is 25.1. The molecule has 0 unspecified atom stereocenters. The molecule has 1 aliphatic heterocycles. The number of hydrogen-bond acceptors (Lipinski definition) is 5. The van der Waals surface area contributed by atoms with E-state index in [1.807, 2.05) is 4.90 Å². The van der Waals surface area contributed by atoms with Crippen LogP contribution in [0.15, 0.2) is 18.2 Å². The average molecular weight is 359 g/mol. The summed E-state index contributed by atoms with van der Waals surface area (Å²) in [5, 5.41) is 11.8. The molecule has 1 aromatic carbocycles. The summed E-state index contributed by atoms with van der Waals surface area (Å²) in [6.07, 6.45) is 1.16. The van der Waals surface area contributed by atoms with E-state index in [2.05, 4.69) is 5.32 Å². The number of carboxylic acids is 1. The van der Waals surface area contributed by atoms with Crippen molar-refractivity contribution in [3.63, 3.8) is 0 Å². The highest BCUT2D eigenvalue weighted by atomic mass is 35.5. The standard InChI is InChI=1S/C16H22N2O5.ClH/c1-22-12-3-4-13(14(9-12)23-2)17-15(19)10-18-7-5-11(6-8-18)16(20)21;/h3-4,9,11H,5-8,10H2,1-2H3,(H,17,19)(H,20,21);1H. The number of nitrogens with zero attached hydrogens (tertiary/aromatic N) is 1. The summed E-state index contributed by atoms with van der Waals surface area (Å²) < 4.78 is 10.4. The number of carboxylic acid groups (broad SMARTS) is 1. The molecule has 7 nitrogen and oxygen atoms in total. The number of hydrogen-bond donors (Lipinski definition) is 2. The monoisotopic (exact) mass is 358 g/mol. The SMILES string of the molecule is COc1ccc(NC(=O)CN2CCC(C(=O)O)CC2)c(OC)c1.Cl. The number of anilines is 1. The Morgan fingerprint density at radius 2 is 1.92 bits per heavy atom. The molecule has 1 aromatic rings. The van der Waals surface area contributed by atoms with Crippen molar-refractivity contribution in [1.82, 2.24) is 4.90 Å². The number of ether oxygens (including phenoxy) is 2. The van der Waals surface area contributed by atoms with Crippen molar-refractivity contribution in [2.75, 3.05) is 39.2 Å². The van der Waals surface area contributed by atoms with Gasteiger partial charge in [0.25, 0.3) is 0 Å². The molecule has 0 radical (unpaired) electrons. The third-order valence-corrected chi connectivity index (χ3v) is 3.99. The minimum Gasteiger partial charge on any atom is -0.497 e. The number of nitrogens with one attached hydrogen (secondary N) is 1. The van der Waals surface area contributed by atoms with Gasteiger partial charge in [-0.2, -0.15) is 0 Å². The number of halogens is 1. The van der Waals surface area contributed by atoms with Crippen molar-refractivity contribution in [1.29, 1.82) is 0 Å². The molecular weight excluding hydrogens is 336 g/mol. The lowest BCUT2D eigenvalue weighted by molar-refractivity contribution is -0.143. The van der Waals surface area contributed by atoms with Gasteiger partial charge in [0.15, 0.2) is 0 Å². The highest BCUT2D eigenvalue weighted by Gasteiger charge is 2.25. The predicted molar refractivity (Wildman–Crippen MR) is 92.2 cm³/mol. The van der Waals surface area contributed by atoms with Gasteiger partial charge in [-0.25, -0.2) is 0 Å². The molecule has 0 aromatic heterocycles. The summed E-state index contributed by atoms with van der Waals surface area (Å²) >= 11 is 0. The number of carbonyl (C=O) groups is 2. The molecule has 0 saturated carbocycles. The Labute approximate surface area is 147 Å². The lowest BCUT2D eigenvalue weighted by atomic mass is 9.97. The van der Waals surface area contributed by atoms with Crippen molar-refractivity contribution >= 4 is 30.0 Å². The molecule has 2 rings (SSSR count). The Balaban J connectivity index is 0.00000288. The van der Waals surface area contributed by atoms with Crippen LogP contribution in [-0.2, 0) is 9.59 Å². The van der Waals surface area contributed by atoms with Crippen LogP contribution in [0.4, 0.5) is 5.69 Å². The third-order valence-electron chi connectivity index (χ3n) is 3.99. The smallest absolute Gasteiger partial charge is 0.306 e. The van der Waals surface area contributed by atoms with Crippen LogP contribution in [-0.4, -0.2) is 55.7 Å². The fraction of sp³-hybridized carbons (Fsp3) is 0.500. The van der Waals surface area contributed by atoms with Gasteiger partial charge < -0.3 is 19.9 Å². The minimum atomic E-state index is -0.753. The molecule has 0 atom stereocenters. The van der Waals surface area contributed by atoms with Gasteiger partial charge in [-0.15, -0.1) is 12.4 Å². The fourth-order valence-corrected chi connectivity index (χ4v) is 2.63. The van der Waals surface area contributed by atoms with Gasteiger partial charge in [-0.3, -0.25) is 14.5 Å². The molecule has 2 N–H and O–H groups in total. The van der Waals surface area contributed by atoms with Gasteiger partial charge in [-0.05, 0) is 38.1 Å². The molecule has 134 valence electrons. The first kappa shape index (κ1) is 20.1. The molecule has 1 fully saturated rings. The highest BCUT2D eigenvalue weighted by molar-refractivity contribution is 5.93. The lowest BCUT2D eigenvalue weighted by Crippen LogP contribution is -2.40. The van der Waals surface area contributed by atoms with Gasteiger partial charge in [0.2, 0.25) is 5.91 Å². The maximum Gasteiger partial charge on any atom is 0.306 e. The number of amides is 1. The predicted octanol–water partition coefficient (Wildman–Crippen LogP) is 1.86. The Morgan fingerprint density at radius 1 is 1.25 bits per heavy atom. The number of likely N-dealkylation sites (tertiary alicyclic amines) is 1. The molecule has 1 aliphatic rings. The van der Waals surface area contributed by atoms with E-state index in [-0.39, 0.29) is 30.8 Å². The van der Waals surface area contributed by atoms with Crippen LogP contribution < -0.4 is 14.8 Å². The van der Waals surface area contributed by atoms with Crippen molar-refractivity contribution in [2.45, 2.75) is 12.8 Å². The van der Waals surface area contributed by atoms with Crippen LogP contribution >= 0.6 is 12.4 Å². The molecule has 24 heavy (non-hydrogen) atoms. The number of carbonyl (C=O) groups excluding carboxylic acids is 1. The third kappa shape index (κ3) is 5.28. The molecule has 1 heterocycles. The van der Waals surface area contributed by atoms with Crippen molar-refractivity contribution in [3.8, 4) is 11.5 Å². The lowest BCUT2D eigenvalue weighted by Gasteiger charge is -2.29. The van der Waals surface area contributed by atoms with Gasteiger partial charge >= 0.3 is 5.97 Å². The molecule has 8 heteroatoms. The van der Waals surface area contributed by atoms with E-state index >= 15 is 0 Å². The average Bonchev–Trinajstić information content (AvgIpc) is 2.55. The summed E-state index contributed by atoms with van der Waals surface area (Å²) in [5.74, 6) is -0.0202. The van der Waals surface area contributed by atoms with E-state index in [9.17, 15) is 9.59 Å². The van der Waals surface area contributed by atoms with Crippen LogP contribution in [0.5, 0.6) is 11.5 Å². The first-order chi connectivity index (χ1) is 11.0. The molecule has 1 amide bonds. The number of aliphatic carboxylic acids is 1. The zero-order chi connectivity index (χ0) is 16.8. The first-order valence-electron chi connectivity index (χ1n) is 7.50. The molecule has 1 saturated heterocycles. The van der Waals surface area contributed by atoms with Crippen molar-refractivity contribution < 1.29 is 24.2 Å². The second-order valence-corrected chi connectivity index (χ2v) is 5.50. The summed E-state index contributed by atoms with van der Waals surface area (Å²) in [7, 11) is 3.09. The minimum absolute atomic E-state index is 0. The number of methoxy groups -OCH3 is 2. The van der Waals surface area contributed by atoms with Crippen LogP contribution in [0.25, 0.3) is 0 Å². The summed E-state index contributed by atoms with van der Waals surface area (Å²) in [6, 6.07) is 5.18. The van der Waals surface area contributed by atoms with Crippen molar-refractivity contribution in [3.05, 3.63) is 18.2 Å². The maximum atomic E-state index is 12.2. The van der Waals surface area contributed by atoms with Gasteiger partial charge in [0.05, 0.1) is 32.4 Å². The zero-order valence-corrected chi connectivity index (χ0v) is 14.6. The number of rotatable bonds is 6. The Bertz CT molecular complexity index is 574. The van der Waals surface area contributed by atoms with E-state index in [0.29, 0.717) is 43.1 Å². The van der Waals surface area contributed by atoms with E-state index in [4.69, 9.17) is 14.6 Å². The van der Waals surface area contributed by atoms with Gasteiger partial charge in [-0.1, -0.05) is 0 Å². The molecule has 0 spiro atoms. The molecule has 0 bridgehead atoms. The van der Waals surface area contributed by atoms with Gasteiger partial charge in [0, 0.05) is 6.07 Å². The summed E-state index contributed by atoms with van der Waals surface area (Å²) in [6.45, 7) is 1.47. The second-order valence-electron chi connectivity index (χ2n) is 5.50. The summed E-state index contributed by atoms with van der Waals surface area (Å²) in [5.41, 5.74) is 0.582. The van der Waals surface area contributed by atoms with Crippen LogP contribution in [0, 0.1) is 5.92 Å². The van der Waals surface area contributed by atoms with E-state index in [1.165, 1.54) is 7.11 Å². The second kappa shape index (κ2) is 9.34. The number of piperidine rings is 1. The number of benzene rings is 1. The van der Waals surface area contributed by atoms with E-state index in [1.54, 1.807) is 25.3 Å². The van der Waals surface area contributed by atoms with Gasteiger partial charge in [0.1, 0.15) is 11.5 Å². The maximum absolute atomic E-state index is 12.2. The first-order valence-corrected chi connectivity index (χ1v) is 7.50. The largest absolute Gasteiger partial charge is 0.497 e. The zero-order valence-electron chi connectivity index (χ0n) is 13.8. The molecular formula is C16H23ClN2O5. The quantitative estimate of drug-likeness (QED) is 0.807. The van der Waals surface area contributed by atoms with Crippen LogP contribution in [0.3, 0.4) is 0 Å². The van der Waals surface area contributed by atoms with Crippen molar-refractivity contribution in [2.24, 2.45) is 5.92 Å². The van der Waals surface area contributed by atoms with Crippen LogP contribution in [0.2, 0.25) is 0 Å². The Kier molecular flexibility index (Phi) is 7.81. The topological polar surface area (TPSA) is 88.1 Å². The fourth-order valence-electron chi connectivity index (χ4n) is 2.63. The molecule has 0 aliphatic carbocycles. The Hall–Kier alpha value is -1.99.